The number of furan rings is 1. The molecular formula is C42H40N4O7. The number of rotatable bonds is 10. The normalized spacial score (nSPS) is 18.0. The molecule has 3 heterocycles. The smallest absolute Gasteiger partial charge is 0.256 e. The van der Waals surface area contributed by atoms with E-state index in [1.54, 1.807) is 72.8 Å². The molecule has 53 heavy (non-hydrogen) atoms. The highest BCUT2D eigenvalue weighted by Crippen LogP contribution is 2.31. The molecule has 2 fully saturated rings. The van der Waals surface area contributed by atoms with Gasteiger partial charge >= 0.3 is 0 Å². The molecule has 7 rings (SSSR count). The van der Waals surface area contributed by atoms with Gasteiger partial charge < -0.3 is 35.1 Å². The predicted molar refractivity (Wildman–Crippen MR) is 199 cm³/mol. The lowest BCUT2D eigenvalue weighted by molar-refractivity contribution is -0.144. The molecule has 0 radical (unpaired) electrons. The number of likely N-dealkylation sites (tertiary alicyclic amines) is 2. The maximum atomic E-state index is 13.2. The van der Waals surface area contributed by atoms with Crippen LogP contribution in [0.2, 0.25) is 0 Å². The summed E-state index contributed by atoms with van der Waals surface area (Å²) in [7, 11) is 0. The summed E-state index contributed by atoms with van der Waals surface area (Å²) in [6.07, 6.45) is -0.278. The molecule has 11 heteroatoms. The quantitative estimate of drug-likeness (QED) is 0.140. The molecule has 1 aromatic heterocycles. The number of hydrogen-bond donors (Lipinski definition) is 4. The van der Waals surface area contributed by atoms with Gasteiger partial charge in [-0.25, -0.2) is 0 Å². The van der Waals surface area contributed by atoms with Crippen LogP contribution in [0.25, 0.3) is 22.6 Å². The molecule has 2 saturated heterocycles. The van der Waals surface area contributed by atoms with Crippen molar-refractivity contribution in [1.82, 2.24) is 9.80 Å². The fourth-order valence-corrected chi connectivity index (χ4v) is 7.01. The minimum Gasteiger partial charge on any atom is -0.456 e. The molecule has 0 bridgehead atoms. The van der Waals surface area contributed by atoms with Gasteiger partial charge in [-0.15, -0.1) is 0 Å². The predicted octanol–water partition coefficient (Wildman–Crippen LogP) is 5.94. The number of aliphatic hydroxyl groups excluding tert-OH is 2. The lowest BCUT2D eigenvalue weighted by atomic mass is 10.1. The van der Waals surface area contributed by atoms with Crippen LogP contribution in [0.3, 0.4) is 0 Å². The van der Waals surface area contributed by atoms with E-state index in [1.165, 1.54) is 9.80 Å². The Hall–Kier alpha value is -6.04. The molecule has 0 saturated carbocycles. The van der Waals surface area contributed by atoms with Gasteiger partial charge in [-0.05, 0) is 97.5 Å². The topological polar surface area (TPSA) is 152 Å². The van der Waals surface area contributed by atoms with Gasteiger partial charge in [0.15, 0.2) is 12.2 Å². The summed E-state index contributed by atoms with van der Waals surface area (Å²) < 4.78 is 6.15. The van der Waals surface area contributed by atoms with Crippen molar-refractivity contribution in [3.8, 4) is 22.6 Å². The minimum atomic E-state index is -1.32. The van der Waals surface area contributed by atoms with Crippen LogP contribution >= 0.6 is 0 Å². The van der Waals surface area contributed by atoms with E-state index in [-0.39, 0.29) is 11.8 Å². The third-order valence-corrected chi connectivity index (χ3v) is 9.86. The Morgan fingerprint density at radius 1 is 0.547 bits per heavy atom. The number of carbonyl (C=O) groups excluding carboxylic acids is 4. The SMILES string of the molecule is O=C(Nc1ccc(-c2ccc(-c3ccc(NC(=O)[C@@H]4CCCN4C(=O)[C@H](O)c4ccccc4)cc3)o2)cc1)[C@@H]1CCCN1C(=O)[C@H](O)c1ccccc1. The van der Waals surface area contributed by atoms with Crippen LogP contribution in [-0.2, 0) is 19.2 Å². The Morgan fingerprint density at radius 3 is 1.30 bits per heavy atom. The van der Waals surface area contributed by atoms with Crippen molar-refractivity contribution >= 4 is 35.0 Å². The van der Waals surface area contributed by atoms with Crippen molar-refractivity contribution in [2.45, 2.75) is 50.0 Å². The molecule has 11 nitrogen and oxygen atoms in total. The van der Waals surface area contributed by atoms with E-state index in [0.717, 1.165) is 11.1 Å². The summed E-state index contributed by atoms with van der Waals surface area (Å²) in [5.41, 5.74) is 3.73. The van der Waals surface area contributed by atoms with E-state index < -0.39 is 36.1 Å². The number of aliphatic hydroxyl groups is 2. The highest BCUT2D eigenvalue weighted by Gasteiger charge is 2.38. The minimum absolute atomic E-state index is 0.306. The Balaban J connectivity index is 0.938. The van der Waals surface area contributed by atoms with Crippen LogP contribution in [0.15, 0.2) is 126 Å². The van der Waals surface area contributed by atoms with Crippen molar-refractivity contribution in [2.75, 3.05) is 23.7 Å². The van der Waals surface area contributed by atoms with Crippen LogP contribution < -0.4 is 10.6 Å². The third-order valence-electron chi connectivity index (χ3n) is 9.86. The van der Waals surface area contributed by atoms with Crippen LogP contribution in [0, 0.1) is 0 Å². The summed E-state index contributed by atoms with van der Waals surface area (Å²) in [6, 6.07) is 34.2. The molecule has 4 amide bonds. The number of anilines is 2. The second-order valence-electron chi connectivity index (χ2n) is 13.3. The number of benzene rings is 4. The van der Waals surface area contributed by atoms with E-state index in [0.29, 0.717) is 72.8 Å². The zero-order valence-corrected chi connectivity index (χ0v) is 28.9. The van der Waals surface area contributed by atoms with Gasteiger partial charge in [0.25, 0.3) is 11.8 Å². The van der Waals surface area contributed by atoms with E-state index in [1.807, 2.05) is 48.5 Å². The molecule has 0 spiro atoms. The summed E-state index contributed by atoms with van der Waals surface area (Å²) in [5, 5.41) is 27.1. The van der Waals surface area contributed by atoms with Gasteiger partial charge in [-0.1, -0.05) is 60.7 Å². The second-order valence-corrected chi connectivity index (χ2v) is 13.3. The van der Waals surface area contributed by atoms with Crippen molar-refractivity contribution < 1.29 is 33.8 Å². The summed E-state index contributed by atoms with van der Waals surface area (Å²) in [4.78, 5) is 55.5. The van der Waals surface area contributed by atoms with Gasteiger partial charge in [-0.2, -0.15) is 0 Å². The van der Waals surface area contributed by atoms with Crippen molar-refractivity contribution in [3.05, 3.63) is 132 Å². The average molecular weight is 713 g/mol. The van der Waals surface area contributed by atoms with Crippen molar-refractivity contribution in [3.63, 3.8) is 0 Å². The fraction of sp³-hybridized carbons (Fsp3) is 0.238. The Bertz CT molecular complexity index is 1920. The van der Waals surface area contributed by atoms with Gasteiger partial charge in [0.05, 0.1) is 0 Å². The number of carbonyl (C=O) groups is 4. The number of nitrogens with zero attached hydrogens (tertiary/aromatic N) is 2. The first-order valence-corrected chi connectivity index (χ1v) is 17.8. The lowest BCUT2D eigenvalue weighted by Crippen LogP contribution is -2.45. The molecule has 4 atom stereocenters. The first-order chi connectivity index (χ1) is 25.8. The third kappa shape index (κ3) is 7.76. The number of hydrogen-bond acceptors (Lipinski definition) is 7. The van der Waals surface area contributed by atoms with Crippen LogP contribution in [-0.4, -0.2) is 68.8 Å². The van der Waals surface area contributed by atoms with Crippen LogP contribution in [0.4, 0.5) is 11.4 Å². The second kappa shape index (κ2) is 15.7. The van der Waals surface area contributed by atoms with Crippen LogP contribution in [0.1, 0.15) is 49.0 Å². The number of nitrogens with one attached hydrogen (secondary N) is 2. The average Bonchev–Trinajstić information content (AvgIpc) is 4.00. The maximum Gasteiger partial charge on any atom is 0.256 e. The van der Waals surface area contributed by atoms with E-state index in [9.17, 15) is 29.4 Å². The molecule has 5 aromatic rings. The molecule has 4 aromatic carbocycles. The summed E-state index contributed by atoms with van der Waals surface area (Å²) in [6.45, 7) is 0.807. The van der Waals surface area contributed by atoms with E-state index in [4.69, 9.17) is 4.42 Å². The molecule has 4 N–H and O–H groups in total. The monoisotopic (exact) mass is 712 g/mol. The zero-order valence-electron chi connectivity index (χ0n) is 28.9. The highest BCUT2D eigenvalue weighted by molar-refractivity contribution is 5.99. The molecule has 0 unspecified atom stereocenters. The molecule has 2 aliphatic heterocycles. The Labute approximate surface area is 306 Å². The Morgan fingerprint density at radius 2 is 0.925 bits per heavy atom. The zero-order chi connectivity index (χ0) is 36.9. The number of amides is 4. The fourth-order valence-electron chi connectivity index (χ4n) is 7.01. The van der Waals surface area contributed by atoms with E-state index >= 15 is 0 Å². The molecular weight excluding hydrogens is 672 g/mol. The lowest BCUT2D eigenvalue weighted by Gasteiger charge is -2.26. The van der Waals surface area contributed by atoms with Crippen molar-refractivity contribution in [1.29, 1.82) is 0 Å². The maximum absolute atomic E-state index is 13.2. The molecule has 2 aliphatic rings. The van der Waals surface area contributed by atoms with Crippen molar-refractivity contribution in [2.24, 2.45) is 0 Å². The molecule has 0 aliphatic carbocycles. The Kier molecular flexibility index (Phi) is 10.5. The van der Waals surface area contributed by atoms with E-state index in [2.05, 4.69) is 10.6 Å². The van der Waals surface area contributed by atoms with Gasteiger partial charge in [-0.3, -0.25) is 19.2 Å². The summed E-state index contributed by atoms with van der Waals surface area (Å²) >= 11 is 0. The van der Waals surface area contributed by atoms with Gasteiger partial charge in [0.1, 0.15) is 23.6 Å². The first kappa shape index (κ1) is 35.4. The largest absolute Gasteiger partial charge is 0.456 e. The standard InChI is InChI=1S/C42H40N4O7/c47-37(29-9-3-1-4-10-29)41(51)45-25-7-13-33(45)39(49)43-31-19-15-27(16-20-31)35-23-24-36(53-35)28-17-21-32(22-18-28)44-40(50)34-14-8-26-46(34)42(52)38(48)30-11-5-2-6-12-30/h1-6,9-12,15-24,33-34,37-38,47-48H,7-8,13-14,25-26H2,(H,43,49)(H,44,50)/t33-,34-,37+,38+/m0/s1. The first-order valence-electron chi connectivity index (χ1n) is 17.8. The summed E-state index contributed by atoms with van der Waals surface area (Å²) in [5.74, 6) is -0.328. The van der Waals surface area contributed by atoms with Gasteiger partial charge in [0, 0.05) is 35.6 Å². The van der Waals surface area contributed by atoms with Gasteiger partial charge in [0.2, 0.25) is 11.8 Å². The highest BCUT2D eigenvalue weighted by atomic mass is 16.3. The molecule has 270 valence electrons. The van der Waals surface area contributed by atoms with Crippen LogP contribution in [0.5, 0.6) is 0 Å².